The summed E-state index contributed by atoms with van der Waals surface area (Å²) in [5, 5.41) is 11.4. The minimum atomic E-state index is 0.158. The maximum absolute atomic E-state index is 12.5. The van der Waals surface area contributed by atoms with Crippen molar-refractivity contribution in [2.24, 2.45) is 0 Å². The fraction of sp³-hybridized carbons (Fsp3) is 0.381. The van der Waals surface area contributed by atoms with Crippen molar-refractivity contribution >= 4 is 28.4 Å². The number of benzene rings is 2. The number of nitrogens with two attached hydrogens (primary N) is 1. The van der Waals surface area contributed by atoms with Gasteiger partial charge < -0.3 is 10.7 Å². The van der Waals surface area contributed by atoms with Crippen molar-refractivity contribution in [3.63, 3.8) is 0 Å². The molecule has 4 rings (SSSR count). The molecule has 1 aromatic heterocycles. The molecule has 0 spiro atoms. The van der Waals surface area contributed by atoms with Crippen molar-refractivity contribution in [1.29, 1.82) is 0 Å². The molecule has 28 heavy (non-hydrogen) atoms. The van der Waals surface area contributed by atoms with E-state index in [2.05, 4.69) is 34.5 Å². The van der Waals surface area contributed by atoms with Crippen LogP contribution in [0.3, 0.4) is 0 Å². The number of nitrogen functional groups attached to an aromatic ring is 1. The molecule has 2 heterocycles. The van der Waals surface area contributed by atoms with Gasteiger partial charge in [0, 0.05) is 19.5 Å². The molecule has 0 saturated carbocycles. The molecule has 0 aliphatic carbocycles. The third kappa shape index (κ3) is 4.14. The number of thioether (sulfide) groups is 1. The van der Waals surface area contributed by atoms with Gasteiger partial charge in [0.15, 0.2) is 5.82 Å². The van der Waals surface area contributed by atoms with Crippen molar-refractivity contribution in [2.75, 3.05) is 24.7 Å². The van der Waals surface area contributed by atoms with E-state index < -0.39 is 0 Å². The Morgan fingerprint density at radius 3 is 2.57 bits per heavy atom. The van der Waals surface area contributed by atoms with E-state index in [4.69, 9.17) is 5.84 Å². The van der Waals surface area contributed by atoms with Gasteiger partial charge in [-0.05, 0) is 29.2 Å². The van der Waals surface area contributed by atoms with Gasteiger partial charge in [0.2, 0.25) is 11.1 Å². The van der Waals surface area contributed by atoms with Crippen LogP contribution in [0.5, 0.6) is 0 Å². The van der Waals surface area contributed by atoms with Gasteiger partial charge in [0.05, 0.1) is 5.75 Å². The Hall–Kier alpha value is -2.54. The number of fused-ring (bicyclic) bond motifs is 1. The highest BCUT2D eigenvalue weighted by Gasteiger charge is 2.18. The number of nitrogens with zero attached hydrogens (tertiary/aromatic N) is 4. The largest absolute Gasteiger partial charge is 0.342 e. The summed E-state index contributed by atoms with van der Waals surface area (Å²) in [7, 11) is 0. The Kier molecular flexibility index (Phi) is 5.81. The normalized spacial score (nSPS) is 14.9. The fourth-order valence-electron chi connectivity index (χ4n) is 3.68. The summed E-state index contributed by atoms with van der Waals surface area (Å²) in [4.78, 5) is 14.5. The lowest BCUT2D eigenvalue weighted by Gasteiger charge is -2.19. The standard InChI is InChI=1S/C21H25N5OS/c22-26-19(14-17-10-7-9-16-8-3-4-11-18(16)17)23-24-21(26)28-15-20(27)25-12-5-1-2-6-13-25/h3-4,7-11H,1-2,5-6,12-15,22H2. The van der Waals surface area contributed by atoms with Crippen LogP contribution < -0.4 is 5.84 Å². The van der Waals surface area contributed by atoms with Crippen LogP contribution in [0, 0.1) is 0 Å². The first-order valence-corrected chi connectivity index (χ1v) is 10.8. The molecule has 0 bridgehead atoms. The van der Waals surface area contributed by atoms with Crippen LogP contribution in [0.25, 0.3) is 10.8 Å². The summed E-state index contributed by atoms with van der Waals surface area (Å²) in [6, 6.07) is 14.5. The molecule has 1 amide bonds. The fourth-order valence-corrected chi connectivity index (χ4v) is 4.46. The topological polar surface area (TPSA) is 77.0 Å². The highest BCUT2D eigenvalue weighted by Crippen LogP contribution is 2.22. The maximum atomic E-state index is 12.5. The number of hydrogen-bond donors (Lipinski definition) is 1. The van der Waals surface area contributed by atoms with E-state index >= 15 is 0 Å². The van der Waals surface area contributed by atoms with Crippen LogP contribution in [0.4, 0.5) is 0 Å². The predicted octanol–water partition coefficient (Wildman–Crippen LogP) is 3.23. The molecule has 3 aromatic rings. The van der Waals surface area contributed by atoms with E-state index in [1.165, 1.54) is 40.1 Å². The number of rotatable bonds is 5. The molecule has 2 aromatic carbocycles. The summed E-state index contributed by atoms with van der Waals surface area (Å²) in [6.07, 6.45) is 5.22. The highest BCUT2D eigenvalue weighted by atomic mass is 32.2. The summed E-state index contributed by atoms with van der Waals surface area (Å²) < 4.78 is 1.52. The van der Waals surface area contributed by atoms with E-state index in [1.807, 2.05) is 23.1 Å². The smallest absolute Gasteiger partial charge is 0.233 e. The quantitative estimate of drug-likeness (QED) is 0.530. The van der Waals surface area contributed by atoms with Crippen LogP contribution >= 0.6 is 11.8 Å². The zero-order valence-corrected chi connectivity index (χ0v) is 16.7. The second kappa shape index (κ2) is 8.65. The minimum Gasteiger partial charge on any atom is -0.342 e. The van der Waals surface area contributed by atoms with Crippen molar-refractivity contribution in [1.82, 2.24) is 19.8 Å². The molecular weight excluding hydrogens is 370 g/mol. The maximum Gasteiger partial charge on any atom is 0.233 e. The van der Waals surface area contributed by atoms with Crippen LogP contribution in [0.1, 0.15) is 37.1 Å². The van der Waals surface area contributed by atoms with Gasteiger partial charge in [-0.1, -0.05) is 67.1 Å². The first kappa shape index (κ1) is 18.8. The van der Waals surface area contributed by atoms with Gasteiger partial charge >= 0.3 is 0 Å². The second-order valence-electron chi connectivity index (χ2n) is 7.17. The number of amides is 1. The van der Waals surface area contributed by atoms with Gasteiger partial charge in [-0.2, -0.15) is 0 Å². The van der Waals surface area contributed by atoms with Crippen LogP contribution in [0.2, 0.25) is 0 Å². The van der Waals surface area contributed by atoms with Crippen molar-refractivity contribution < 1.29 is 4.79 Å². The van der Waals surface area contributed by atoms with Gasteiger partial charge in [-0.15, -0.1) is 10.2 Å². The second-order valence-corrected chi connectivity index (χ2v) is 8.11. The molecule has 7 heteroatoms. The van der Waals surface area contributed by atoms with Gasteiger partial charge in [0.25, 0.3) is 0 Å². The van der Waals surface area contributed by atoms with E-state index in [0.717, 1.165) is 31.5 Å². The van der Waals surface area contributed by atoms with Crippen LogP contribution in [-0.4, -0.2) is 44.5 Å². The van der Waals surface area contributed by atoms with Crippen molar-refractivity contribution in [2.45, 2.75) is 37.3 Å². The van der Waals surface area contributed by atoms with E-state index in [-0.39, 0.29) is 5.91 Å². The first-order chi connectivity index (χ1) is 13.7. The van der Waals surface area contributed by atoms with E-state index in [9.17, 15) is 4.79 Å². The Balaban J connectivity index is 1.43. The van der Waals surface area contributed by atoms with E-state index in [1.54, 1.807) is 0 Å². The molecular formula is C21H25N5OS. The monoisotopic (exact) mass is 395 g/mol. The summed E-state index contributed by atoms with van der Waals surface area (Å²) in [5.74, 6) is 7.43. The number of carbonyl (C=O) groups is 1. The molecule has 1 saturated heterocycles. The molecule has 146 valence electrons. The lowest BCUT2D eigenvalue weighted by molar-refractivity contribution is -0.128. The minimum absolute atomic E-state index is 0.158. The number of hydrogen-bond acceptors (Lipinski definition) is 5. The van der Waals surface area contributed by atoms with E-state index in [0.29, 0.717) is 23.2 Å². The molecule has 2 N–H and O–H groups in total. The van der Waals surface area contributed by atoms with Crippen LogP contribution in [-0.2, 0) is 11.2 Å². The van der Waals surface area contributed by atoms with Gasteiger partial charge in [-0.25, -0.2) is 4.68 Å². The Morgan fingerprint density at radius 2 is 1.75 bits per heavy atom. The molecule has 1 aliphatic rings. The average Bonchev–Trinajstić information content (AvgIpc) is 2.91. The van der Waals surface area contributed by atoms with Crippen molar-refractivity contribution in [3.05, 3.63) is 53.9 Å². The molecule has 1 fully saturated rings. The zero-order chi connectivity index (χ0) is 19.3. The molecule has 0 radical (unpaired) electrons. The lowest BCUT2D eigenvalue weighted by Crippen LogP contribution is -2.33. The Labute approximate surface area is 169 Å². The first-order valence-electron chi connectivity index (χ1n) is 9.79. The molecule has 6 nitrogen and oxygen atoms in total. The van der Waals surface area contributed by atoms with Gasteiger partial charge in [0.1, 0.15) is 0 Å². The highest BCUT2D eigenvalue weighted by molar-refractivity contribution is 7.99. The zero-order valence-electron chi connectivity index (χ0n) is 15.9. The average molecular weight is 396 g/mol. The molecule has 0 atom stereocenters. The summed E-state index contributed by atoms with van der Waals surface area (Å²) >= 11 is 1.36. The Morgan fingerprint density at radius 1 is 1.00 bits per heavy atom. The van der Waals surface area contributed by atoms with Gasteiger partial charge in [-0.3, -0.25) is 4.79 Å². The summed E-state index contributed by atoms with van der Waals surface area (Å²) in [6.45, 7) is 1.72. The number of carbonyl (C=O) groups excluding carboxylic acids is 1. The molecule has 1 aliphatic heterocycles. The van der Waals surface area contributed by atoms with Crippen molar-refractivity contribution in [3.8, 4) is 0 Å². The number of aromatic nitrogens is 3. The third-order valence-corrected chi connectivity index (χ3v) is 6.17. The number of likely N-dealkylation sites (tertiary alicyclic amines) is 1. The summed E-state index contributed by atoms with van der Waals surface area (Å²) in [5.41, 5.74) is 1.16. The third-order valence-electron chi connectivity index (χ3n) is 5.25. The SMILES string of the molecule is Nn1c(Cc2cccc3ccccc23)nnc1SCC(=O)N1CCCCCC1. The predicted molar refractivity (Wildman–Crippen MR) is 113 cm³/mol. The lowest BCUT2D eigenvalue weighted by atomic mass is 10.0. The Bertz CT molecular complexity index is 957. The van der Waals surface area contributed by atoms with Crippen LogP contribution in [0.15, 0.2) is 47.6 Å². The molecule has 0 unspecified atom stereocenters.